The fourth-order valence-electron chi connectivity index (χ4n) is 3.22. The van der Waals surface area contributed by atoms with Gasteiger partial charge in [0.2, 0.25) is 5.91 Å². The molecular formula is C19H16ClN5O4. The molecule has 9 nitrogen and oxygen atoms in total. The standard InChI is InChI=1S/C19H16ClN5O4/c1-29-14-8-6-13(7-9-14)25-18(27)16-17(19(25)28)24(23-22-16)10-15(26)21-12-4-2-11(20)3-5-12/h2-9,16-17H,10H2,1H3,(H,21,26)/t16-,17+/m0/s1. The first-order valence-electron chi connectivity index (χ1n) is 8.72. The second-order valence-electron chi connectivity index (χ2n) is 6.46. The molecule has 0 spiro atoms. The van der Waals surface area contributed by atoms with Gasteiger partial charge in [0.05, 0.1) is 12.8 Å². The number of hydrogen-bond acceptors (Lipinski definition) is 7. The number of benzene rings is 2. The molecule has 2 heterocycles. The molecule has 0 aromatic heterocycles. The highest BCUT2D eigenvalue weighted by Crippen LogP contribution is 2.32. The third-order valence-electron chi connectivity index (χ3n) is 4.62. The van der Waals surface area contributed by atoms with Crippen molar-refractivity contribution < 1.29 is 19.1 Å². The Morgan fingerprint density at radius 1 is 1.10 bits per heavy atom. The molecule has 3 amide bonds. The summed E-state index contributed by atoms with van der Waals surface area (Å²) in [5.41, 5.74) is 0.969. The van der Waals surface area contributed by atoms with Crippen LogP contribution in [-0.4, -0.2) is 48.5 Å². The number of methoxy groups -OCH3 is 1. The maximum atomic E-state index is 12.9. The van der Waals surface area contributed by atoms with E-state index in [2.05, 4.69) is 15.7 Å². The third-order valence-corrected chi connectivity index (χ3v) is 4.87. The first-order chi connectivity index (χ1) is 14.0. The zero-order valence-corrected chi connectivity index (χ0v) is 16.0. The number of halogens is 1. The van der Waals surface area contributed by atoms with Crippen molar-refractivity contribution in [1.29, 1.82) is 0 Å². The van der Waals surface area contributed by atoms with E-state index in [1.807, 2.05) is 0 Å². The number of nitrogens with zero attached hydrogens (tertiary/aromatic N) is 4. The van der Waals surface area contributed by atoms with Gasteiger partial charge >= 0.3 is 0 Å². The zero-order chi connectivity index (χ0) is 20.5. The first-order valence-corrected chi connectivity index (χ1v) is 9.10. The van der Waals surface area contributed by atoms with Crippen LogP contribution in [0.4, 0.5) is 11.4 Å². The highest BCUT2D eigenvalue weighted by molar-refractivity contribution is 6.30. The maximum Gasteiger partial charge on any atom is 0.263 e. The minimum atomic E-state index is -0.965. The van der Waals surface area contributed by atoms with E-state index in [4.69, 9.17) is 16.3 Å². The van der Waals surface area contributed by atoms with Gasteiger partial charge in [0.1, 0.15) is 12.3 Å². The summed E-state index contributed by atoms with van der Waals surface area (Å²) in [6, 6.07) is 11.2. The van der Waals surface area contributed by atoms with E-state index in [9.17, 15) is 14.4 Å². The Morgan fingerprint density at radius 2 is 1.79 bits per heavy atom. The van der Waals surface area contributed by atoms with Crippen LogP contribution in [0.25, 0.3) is 0 Å². The molecule has 0 radical (unpaired) electrons. The van der Waals surface area contributed by atoms with Crippen molar-refractivity contribution in [3.8, 4) is 5.75 Å². The number of anilines is 2. The molecule has 1 N–H and O–H groups in total. The fraction of sp³-hybridized carbons (Fsp3) is 0.211. The predicted molar refractivity (Wildman–Crippen MR) is 105 cm³/mol. The minimum Gasteiger partial charge on any atom is -0.497 e. The van der Waals surface area contributed by atoms with Gasteiger partial charge in [-0.3, -0.25) is 19.4 Å². The zero-order valence-electron chi connectivity index (χ0n) is 15.3. The van der Waals surface area contributed by atoms with Crippen molar-refractivity contribution in [1.82, 2.24) is 5.01 Å². The van der Waals surface area contributed by atoms with E-state index in [0.29, 0.717) is 22.1 Å². The summed E-state index contributed by atoms with van der Waals surface area (Å²) >= 11 is 5.83. The molecule has 2 aromatic carbocycles. The second kappa shape index (κ2) is 7.51. The van der Waals surface area contributed by atoms with Crippen LogP contribution in [0.2, 0.25) is 5.02 Å². The van der Waals surface area contributed by atoms with Crippen LogP contribution in [0, 0.1) is 0 Å². The topological polar surface area (TPSA) is 104 Å². The average Bonchev–Trinajstić information content (AvgIpc) is 3.23. The van der Waals surface area contributed by atoms with Gasteiger partial charge in [0, 0.05) is 10.7 Å². The Bertz CT molecular complexity index is 993. The van der Waals surface area contributed by atoms with Gasteiger partial charge in [0.25, 0.3) is 11.8 Å². The lowest BCUT2D eigenvalue weighted by Crippen LogP contribution is -2.43. The van der Waals surface area contributed by atoms with Crippen LogP contribution in [0.5, 0.6) is 5.75 Å². The van der Waals surface area contributed by atoms with Crippen molar-refractivity contribution in [2.45, 2.75) is 12.1 Å². The van der Waals surface area contributed by atoms with Crippen LogP contribution in [0.3, 0.4) is 0 Å². The van der Waals surface area contributed by atoms with Crippen molar-refractivity contribution >= 4 is 40.7 Å². The summed E-state index contributed by atoms with van der Waals surface area (Å²) in [7, 11) is 1.53. The van der Waals surface area contributed by atoms with E-state index in [1.54, 1.807) is 48.5 Å². The molecule has 10 heteroatoms. The van der Waals surface area contributed by atoms with Crippen molar-refractivity contribution in [3.05, 3.63) is 53.6 Å². The van der Waals surface area contributed by atoms with Crippen LogP contribution in [0.15, 0.2) is 58.9 Å². The van der Waals surface area contributed by atoms with Gasteiger partial charge in [-0.2, -0.15) is 5.11 Å². The Balaban J connectivity index is 1.47. The molecule has 1 fully saturated rings. The molecule has 0 aliphatic carbocycles. The molecule has 29 heavy (non-hydrogen) atoms. The van der Waals surface area contributed by atoms with E-state index in [-0.39, 0.29) is 6.54 Å². The van der Waals surface area contributed by atoms with Crippen LogP contribution in [0.1, 0.15) is 0 Å². The van der Waals surface area contributed by atoms with Crippen LogP contribution >= 0.6 is 11.6 Å². The van der Waals surface area contributed by atoms with Gasteiger partial charge in [-0.25, -0.2) is 4.90 Å². The van der Waals surface area contributed by atoms with Gasteiger partial charge in [0.15, 0.2) is 12.1 Å². The lowest BCUT2D eigenvalue weighted by atomic mass is 10.1. The second-order valence-corrected chi connectivity index (χ2v) is 6.89. The minimum absolute atomic E-state index is 0.219. The molecule has 2 aliphatic heterocycles. The maximum absolute atomic E-state index is 12.9. The smallest absolute Gasteiger partial charge is 0.263 e. The fourth-order valence-corrected chi connectivity index (χ4v) is 3.35. The number of ether oxygens (including phenoxy) is 1. The van der Waals surface area contributed by atoms with Crippen molar-refractivity contribution in [2.75, 3.05) is 23.9 Å². The molecule has 2 aliphatic rings. The monoisotopic (exact) mass is 413 g/mol. The SMILES string of the molecule is COc1ccc(N2C(=O)[C@H]3N=NN(CC(=O)Nc4ccc(Cl)cc4)[C@H]3C2=O)cc1. The Labute approximate surface area is 170 Å². The van der Waals surface area contributed by atoms with Crippen LogP contribution in [-0.2, 0) is 14.4 Å². The molecule has 0 unspecified atom stereocenters. The Hall–Kier alpha value is -3.46. The number of amides is 3. The van der Waals surface area contributed by atoms with Gasteiger partial charge in [-0.15, -0.1) is 0 Å². The highest BCUT2D eigenvalue weighted by atomic mass is 35.5. The van der Waals surface area contributed by atoms with Crippen molar-refractivity contribution in [3.63, 3.8) is 0 Å². The number of nitrogens with one attached hydrogen (secondary N) is 1. The summed E-state index contributed by atoms with van der Waals surface area (Å²) in [6.45, 7) is -0.219. The predicted octanol–water partition coefficient (Wildman–Crippen LogP) is 2.28. The summed E-state index contributed by atoms with van der Waals surface area (Å²) in [4.78, 5) is 39.0. The average molecular weight is 414 g/mol. The van der Waals surface area contributed by atoms with Crippen molar-refractivity contribution in [2.24, 2.45) is 10.3 Å². The Morgan fingerprint density at radius 3 is 2.45 bits per heavy atom. The van der Waals surface area contributed by atoms with Gasteiger partial charge in [-0.05, 0) is 48.5 Å². The molecule has 0 bridgehead atoms. The number of carbonyl (C=O) groups excluding carboxylic acids is 3. The van der Waals surface area contributed by atoms with Gasteiger partial charge in [-0.1, -0.05) is 16.8 Å². The third kappa shape index (κ3) is 3.52. The molecule has 2 aromatic rings. The number of carbonyl (C=O) groups is 3. The molecule has 148 valence electrons. The van der Waals surface area contributed by atoms with E-state index < -0.39 is 29.8 Å². The number of fused-ring (bicyclic) bond motifs is 1. The largest absolute Gasteiger partial charge is 0.497 e. The normalized spacial score (nSPS) is 20.2. The summed E-state index contributed by atoms with van der Waals surface area (Å²) in [5, 5.41) is 12.2. The molecular weight excluding hydrogens is 398 g/mol. The van der Waals surface area contributed by atoms with E-state index in [1.165, 1.54) is 12.1 Å². The van der Waals surface area contributed by atoms with E-state index in [0.717, 1.165) is 4.90 Å². The summed E-state index contributed by atoms with van der Waals surface area (Å²) in [5.74, 6) is -0.743. The lowest BCUT2D eigenvalue weighted by molar-refractivity contribution is -0.123. The van der Waals surface area contributed by atoms with Crippen LogP contribution < -0.4 is 15.0 Å². The molecule has 4 rings (SSSR count). The molecule has 0 saturated carbocycles. The van der Waals surface area contributed by atoms with Gasteiger partial charge < -0.3 is 10.1 Å². The summed E-state index contributed by atoms with van der Waals surface area (Å²) in [6.07, 6.45) is 0. The number of rotatable bonds is 5. The number of imide groups is 1. The quantitative estimate of drug-likeness (QED) is 0.757. The Kier molecular flexibility index (Phi) is 4.89. The first kappa shape index (κ1) is 18.9. The molecule has 2 atom stereocenters. The summed E-state index contributed by atoms with van der Waals surface area (Å²) < 4.78 is 5.09. The number of hydrogen-bond donors (Lipinski definition) is 1. The van der Waals surface area contributed by atoms with E-state index >= 15 is 0 Å². The molecule has 1 saturated heterocycles. The lowest BCUT2D eigenvalue weighted by Gasteiger charge is -2.20. The highest BCUT2D eigenvalue weighted by Gasteiger charge is 2.55.